The van der Waals surface area contributed by atoms with Crippen molar-refractivity contribution < 1.29 is 14.3 Å². The van der Waals surface area contributed by atoms with E-state index in [9.17, 15) is 9.59 Å². The Morgan fingerprint density at radius 3 is 2.52 bits per heavy atom. The summed E-state index contributed by atoms with van der Waals surface area (Å²) < 4.78 is 5.11. The maximum atomic E-state index is 12.2. The second kappa shape index (κ2) is 6.47. The molecule has 1 heterocycles. The maximum absolute atomic E-state index is 12.2. The summed E-state index contributed by atoms with van der Waals surface area (Å²) in [6, 6.07) is 0. The number of nitrogens with zero attached hydrogens (tertiary/aromatic N) is 1. The topological polar surface area (TPSA) is 72.6 Å². The number of nitrogens with two attached hydrogens (primary N) is 1. The van der Waals surface area contributed by atoms with Crippen LogP contribution in [0.4, 0.5) is 10.7 Å². The van der Waals surface area contributed by atoms with Gasteiger partial charge in [-0.1, -0.05) is 0 Å². The summed E-state index contributed by atoms with van der Waals surface area (Å²) in [6.07, 6.45) is 2.46. The molecule has 21 heavy (non-hydrogen) atoms. The van der Waals surface area contributed by atoms with Gasteiger partial charge in [-0.05, 0) is 32.6 Å². The molecule has 0 spiro atoms. The van der Waals surface area contributed by atoms with E-state index in [-0.39, 0.29) is 18.1 Å². The highest BCUT2D eigenvalue weighted by Gasteiger charge is 2.30. The molecule has 1 aliphatic carbocycles. The van der Waals surface area contributed by atoms with E-state index in [1.54, 1.807) is 6.92 Å². The first kappa shape index (κ1) is 15.8. The van der Waals surface area contributed by atoms with E-state index >= 15 is 0 Å². The van der Waals surface area contributed by atoms with Gasteiger partial charge in [0.05, 0.1) is 17.2 Å². The van der Waals surface area contributed by atoms with E-state index < -0.39 is 5.97 Å². The molecule has 0 aromatic carbocycles. The standard InChI is InChI=1S/C15H22N2O3S/c1-4-17(8-10-6-7-10)14-11(15(19)20-5-2)12(16)13(21-14)9(3)18/h10H,4-8,16H2,1-3H3. The Morgan fingerprint density at radius 1 is 1.38 bits per heavy atom. The third-order valence-electron chi connectivity index (χ3n) is 3.57. The van der Waals surface area contributed by atoms with Crippen LogP contribution < -0.4 is 10.6 Å². The Labute approximate surface area is 129 Å². The van der Waals surface area contributed by atoms with Crippen LogP contribution in [-0.4, -0.2) is 31.4 Å². The van der Waals surface area contributed by atoms with E-state index in [1.807, 2.05) is 6.92 Å². The minimum atomic E-state index is -0.442. The van der Waals surface area contributed by atoms with Gasteiger partial charge in [-0.15, -0.1) is 11.3 Å². The lowest BCUT2D eigenvalue weighted by atomic mass is 10.2. The van der Waals surface area contributed by atoms with Gasteiger partial charge in [0.2, 0.25) is 0 Å². The number of nitrogen functional groups attached to an aromatic ring is 1. The summed E-state index contributed by atoms with van der Waals surface area (Å²) in [7, 11) is 0. The molecular formula is C15H22N2O3S. The quantitative estimate of drug-likeness (QED) is 0.619. The Kier molecular flexibility index (Phi) is 4.88. The maximum Gasteiger partial charge on any atom is 0.343 e. The highest BCUT2D eigenvalue weighted by atomic mass is 32.1. The Bertz CT molecular complexity index is 549. The van der Waals surface area contributed by atoms with Gasteiger partial charge in [0, 0.05) is 20.0 Å². The molecule has 1 fully saturated rings. The lowest BCUT2D eigenvalue weighted by Gasteiger charge is -2.22. The summed E-state index contributed by atoms with van der Waals surface area (Å²) in [5.41, 5.74) is 6.65. The van der Waals surface area contributed by atoms with Crippen LogP contribution in [0, 0.1) is 5.92 Å². The number of ether oxygens (including phenoxy) is 1. The van der Waals surface area contributed by atoms with Crippen LogP contribution in [0.15, 0.2) is 0 Å². The number of carbonyl (C=O) groups is 2. The van der Waals surface area contributed by atoms with E-state index in [1.165, 1.54) is 31.1 Å². The minimum absolute atomic E-state index is 0.114. The van der Waals surface area contributed by atoms with Gasteiger partial charge in [-0.25, -0.2) is 4.79 Å². The Balaban J connectivity index is 2.42. The van der Waals surface area contributed by atoms with Crippen molar-refractivity contribution in [1.29, 1.82) is 0 Å². The summed E-state index contributed by atoms with van der Waals surface area (Å²) in [5.74, 6) is 0.129. The zero-order valence-electron chi connectivity index (χ0n) is 12.8. The molecule has 0 amide bonds. The van der Waals surface area contributed by atoms with Gasteiger partial charge < -0.3 is 15.4 Å². The first-order valence-electron chi connectivity index (χ1n) is 7.34. The van der Waals surface area contributed by atoms with E-state index in [0.29, 0.717) is 16.4 Å². The second-order valence-electron chi connectivity index (χ2n) is 5.28. The number of thiophene rings is 1. The normalized spacial score (nSPS) is 14.0. The first-order chi connectivity index (χ1) is 9.99. The largest absolute Gasteiger partial charge is 0.462 e. The van der Waals surface area contributed by atoms with Crippen molar-refractivity contribution in [1.82, 2.24) is 0 Å². The summed E-state index contributed by atoms with van der Waals surface area (Å²) >= 11 is 1.30. The van der Waals surface area contributed by atoms with E-state index in [0.717, 1.165) is 18.1 Å². The Morgan fingerprint density at radius 2 is 2.05 bits per heavy atom. The SMILES string of the molecule is CCOC(=O)c1c(N(CC)CC2CC2)sc(C(C)=O)c1N. The first-order valence-corrected chi connectivity index (χ1v) is 8.16. The molecule has 2 rings (SSSR count). The van der Waals surface area contributed by atoms with Crippen molar-refractivity contribution in [3.05, 3.63) is 10.4 Å². The van der Waals surface area contributed by atoms with Gasteiger partial charge in [-0.3, -0.25) is 4.79 Å². The fourth-order valence-corrected chi connectivity index (χ4v) is 3.46. The van der Waals surface area contributed by atoms with Crippen LogP contribution in [0.25, 0.3) is 0 Å². The van der Waals surface area contributed by atoms with Crippen LogP contribution in [0.1, 0.15) is 53.6 Å². The van der Waals surface area contributed by atoms with Crippen molar-refractivity contribution in [2.24, 2.45) is 5.92 Å². The number of anilines is 2. The third-order valence-corrected chi connectivity index (χ3v) is 4.94. The molecule has 1 aliphatic rings. The molecule has 0 radical (unpaired) electrons. The fraction of sp³-hybridized carbons (Fsp3) is 0.600. The van der Waals surface area contributed by atoms with Crippen molar-refractivity contribution >= 4 is 33.8 Å². The molecule has 0 aliphatic heterocycles. The number of rotatable bonds is 7. The van der Waals surface area contributed by atoms with Gasteiger partial charge in [-0.2, -0.15) is 0 Å². The number of hydrogen-bond acceptors (Lipinski definition) is 6. The fourth-order valence-electron chi connectivity index (χ4n) is 2.28. The highest BCUT2D eigenvalue weighted by Crippen LogP contribution is 2.41. The number of Topliss-reactive ketones (excluding diaryl/α,β-unsaturated/α-hetero) is 1. The van der Waals surface area contributed by atoms with Gasteiger partial charge in [0.15, 0.2) is 5.78 Å². The molecule has 0 bridgehead atoms. The zero-order valence-corrected chi connectivity index (χ0v) is 13.6. The smallest absolute Gasteiger partial charge is 0.343 e. The van der Waals surface area contributed by atoms with Gasteiger partial charge >= 0.3 is 5.97 Å². The van der Waals surface area contributed by atoms with E-state index in [2.05, 4.69) is 4.90 Å². The molecule has 0 atom stereocenters. The van der Waals surface area contributed by atoms with Crippen LogP contribution in [-0.2, 0) is 4.74 Å². The predicted octanol–water partition coefficient (Wildman–Crippen LogP) is 2.95. The molecule has 116 valence electrons. The van der Waals surface area contributed by atoms with Gasteiger partial charge in [0.1, 0.15) is 10.6 Å². The highest BCUT2D eigenvalue weighted by molar-refractivity contribution is 7.19. The third kappa shape index (κ3) is 3.37. The summed E-state index contributed by atoms with van der Waals surface area (Å²) in [5, 5.41) is 0.769. The zero-order chi connectivity index (χ0) is 15.6. The monoisotopic (exact) mass is 310 g/mol. The van der Waals surface area contributed by atoms with E-state index in [4.69, 9.17) is 10.5 Å². The molecular weight excluding hydrogens is 288 g/mol. The van der Waals surface area contributed by atoms with Crippen LogP contribution in [0.2, 0.25) is 0 Å². The molecule has 6 heteroatoms. The number of carbonyl (C=O) groups excluding carboxylic acids is 2. The average molecular weight is 310 g/mol. The molecule has 2 N–H and O–H groups in total. The van der Waals surface area contributed by atoms with Crippen LogP contribution >= 0.6 is 11.3 Å². The molecule has 1 aromatic rings. The second-order valence-corrected chi connectivity index (χ2v) is 6.28. The van der Waals surface area contributed by atoms with Crippen molar-refractivity contribution in [2.45, 2.75) is 33.6 Å². The molecule has 0 saturated heterocycles. The molecule has 1 aromatic heterocycles. The lowest BCUT2D eigenvalue weighted by Crippen LogP contribution is -2.26. The van der Waals surface area contributed by atoms with Crippen molar-refractivity contribution in [3.63, 3.8) is 0 Å². The molecule has 0 unspecified atom stereocenters. The number of ketones is 1. The number of hydrogen-bond donors (Lipinski definition) is 1. The lowest BCUT2D eigenvalue weighted by molar-refractivity contribution is 0.0529. The molecule has 5 nitrogen and oxygen atoms in total. The summed E-state index contributed by atoms with van der Waals surface area (Å²) in [4.78, 5) is 26.5. The van der Waals surface area contributed by atoms with Crippen LogP contribution in [0.3, 0.4) is 0 Å². The van der Waals surface area contributed by atoms with Crippen molar-refractivity contribution in [3.8, 4) is 0 Å². The summed E-state index contributed by atoms with van der Waals surface area (Å²) in [6.45, 7) is 7.24. The minimum Gasteiger partial charge on any atom is -0.462 e. The van der Waals surface area contributed by atoms with Crippen molar-refractivity contribution in [2.75, 3.05) is 30.3 Å². The molecule has 1 saturated carbocycles. The van der Waals surface area contributed by atoms with Crippen LogP contribution in [0.5, 0.6) is 0 Å². The number of esters is 1. The Hall–Kier alpha value is -1.56. The van der Waals surface area contributed by atoms with Gasteiger partial charge in [0.25, 0.3) is 0 Å². The predicted molar refractivity (Wildman–Crippen MR) is 85.3 cm³/mol. The average Bonchev–Trinajstić information content (AvgIpc) is 3.18.